The Morgan fingerprint density at radius 2 is 0.917 bits per heavy atom. The summed E-state index contributed by atoms with van der Waals surface area (Å²) in [5.74, 6) is -0.945. The molecule has 0 amide bonds. The average molecular weight is 511 g/mol. The minimum absolute atomic E-state index is 0.266. The summed E-state index contributed by atoms with van der Waals surface area (Å²) in [5, 5.41) is 19.0. The van der Waals surface area contributed by atoms with Crippen LogP contribution in [0.25, 0.3) is 0 Å². The van der Waals surface area contributed by atoms with Crippen molar-refractivity contribution in [1.29, 1.82) is 0 Å². The molecule has 0 rings (SSSR count). The van der Waals surface area contributed by atoms with Crippen molar-refractivity contribution in [3.8, 4) is 0 Å². The predicted octanol–water partition coefficient (Wildman–Crippen LogP) is 10.6. The van der Waals surface area contributed by atoms with Crippen molar-refractivity contribution >= 4 is 11.9 Å². The largest absolute Gasteiger partial charge is 0.481 e. The van der Waals surface area contributed by atoms with E-state index < -0.39 is 17.4 Å². The van der Waals surface area contributed by atoms with E-state index in [1.54, 1.807) is 0 Å². The van der Waals surface area contributed by atoms with Crippen LogP contribution in [0.2, 0.25) is 0 Å². The normalized spacial score (nSPS) is 12.6. The first-order valence-electron chi connectivity index (χ1n) is 15.9. The lowest BCUT2D eigenvalue weighted by atomic mass is 9.67. The van der Waals surface area contributed by atoms with Crippen molar-refractivity contribution in [3.05, 3.63) is 0 Å². The number of hydrogen-bond donors (Lipinski definition) is 2. The molecule has 0 radical (unpaired) electrons. The van der Waals surface area contributed by atoms with Crippen LogP contribution in [0.15, 0.2) is 0 Å². The molecule has 0 aromatic carbocycles. The van der Waals surface area contributed by atoms with Crippen molar-refractivity contribution < 1.29 is 19.8 Å². The predicted molar refractivity (Wildman–Crippen MR) is 154 cm³/mol. The van der Waals surface area contributed by atoms with E-state index in [1.807, 2.05) is 0 Å². The van der Waals surface area contributed by atoms with Gasteiger partial charge in [0, 0.05) is 6.42 Å². The maximum absolute atomic E-state index is 12.5. The van der Waals surface area contributed by atoms with Crippen molar-refractivity contribution in [3.63, 3.8) is 0 Å². The van der Waals surface area contributed by atoms with Crippen LogP contribution < -0.4 is 0 Å². The van der Waals surface area contributed by atoms with E-state index in [1.165, 1.54) is 109 Å². The highest BCUT2D eigenvalue weighted by Gasteiger charge is 2.42. The second-order valence-electron chi connectivity index (χ2n) is 11.5. The van der Waals surface area contributed by atoms with Crippen LogP contribution >= 0.6 is 0 Å². The summed E-state index contributed by atoms with van der Waals surface area (Å²) in [4.78, 5) is 23.0. The fourth-order valence-electron chi connectivity index (χ4n) is 5.72. The zero-order valence-electron chi connectivity index (χ0n) is 24.5. The molecule has 0 aromatic heterocycles. The number of carboxylic acids is 2. The molecule has 0 saturated heterocycles. The smallest absolute Gasteiger partial charge is 0.309 e. The van der Waals surface area contributed by atoms with Crippen molar-refractivity contribution in [2.24, 2.45) is 11.3 Å². The molecule has 0 aliphatic rings. The fraction of sp³-hybridized carbons (Fsp3) is 0.938. The highest BCUT2D eigenvalue weighted by molar-refractivity contribution is 5.75. The van der Waals surface area contributed by atoms with E-state index in [9.17, 15) is 14.7 Å². The Hall–Kier alpha value is -1.06. The van der Waals surface area contributed by atoms with Gasteiger partial charge in [0.05, 0.1) is 5.41 Å². The molecular formula is C32H62O4. The van der Waals surface area contributed by atoms with Gasteiger partial charge < -0.3 is 10.2 Å². The first-order chi connectivity index (χ1) is 17.4. The molecule has 4 heteroatoms. The van der Waals surface area contributed by atoms with Crippen LogP contribution in [0.3, 0.4) is 0 Å². The average Bonchev–Trinajstić information content (AvgIpc) is 2.85. The summed E-state index contributed by atoms with van der Waals surface area (Å²) in [6.07, 6.45) is 28.2. The third-order valence-corrected chi connectivity index (χ3v) is 8.35. The van der Waals surface area contributed by atoms with Gasteiger partial charge in [-0.05, 0) is 31.6 Å². The number of carbonyl (C=O) groups is 2. The van der Waals surface area contributed by atoms with Crippen LogP contribution in [-0.2, 0) is 9.59 Å². The number of rotatable bonds is 28. The number of unbranched alkanes of at least 4 members (excludes halogenated alkanes) is 18. The minimum Gasteiger partial charge on any atom is -0.481 e. The molecule has 0 aliphatic carbocycles. The lowest BCUT2D eigenvalue weighted by molar-refractivity contribution is -0.154. The number of aliphatic carboxylic acids is 2. The van der Waals surface area contributed by atoms with Gasteiger partial charge in [0.15, 0.2) is 0 Å². The highest BCUT2D eigenvalue weighted by Crippen LogP contribution is 2.42. The van der Waals surface area contributed by atoms with Gasteiger partial charge >= 0.3 is 11.9 Å². The van der Waals surface area contributed by atoms with E-state index in [0.29, 0.717) is 6.42 Å². The highest BCUT2D eigenvalue weighted by atomic mass is 16.4. The first-order valence-corrected chi connectivity index (χ1v) is 15.9. The monoisotopic (exact) mass is 510 g/mol. The molecule has 0 heterocycles. The Kier molecular flexibility index (Phi) is 23.6. The maximum atomic E-state index is 12.5. The quantitative estimate of drug-likeness (QED) is 0.103. The summed E-state index contributed by atoms with van der Waals surface area (Å²) in [5.41, 5.74) is -0.516. The molecule has 0 bridgehead atoms. The van der Waals surface area contributed by atoms with Gasteiger partial charge in [-0.1, -0.05) is 149 Å². The van der Waals surface area contributed by atoms with Gasteiger partial charge in [-0.15, -0.1) is 0 Å². The van der Waals surface area contributed by atoms with Gasteiger partial charge in [-0.2, -0.15) is 0 Å². The summed E-state index contributed by atoms with van der Waals surface area (Å²) < 4.78 is 0. The Labute approximate surface area is 224 Å². The lowest BCUT2D eigenvalue weighted by Crippen LogP contribution is -2.38. The summed E-state index contributed by atoms with van der Waals surface area (Å²) in [7, 11) is 0. The second-order valence-corrected chi connectivity index (χ2v) is 11.5. The molecule has 0 aromatic rings. The van der Waals surface area contributed by atoms with Crippen LogP contribution in [0.1, 0.15) is 181 Å². The van der Waals surface area contributed by atoms with Gasteiger partial charge in [-0.3, -0.25) is 9.59 Å². The maximum Gasteiger partial charge on any atom is 0.309 e. The third kappa shape index (κ3) is 18.2. The Balaban J connectivity index is 4.07. The van der Waals surface area contributed by atoms with Crippen molar-refractivity contribution in [1.82, 2.24) is 0 Å². The minimum atomic E-state index is -0.673. The van der Waals surface area contributed by atoms with Gasteiger partial charge in [0.25, 0.3) is 0 Å². The Morgan fingerprint density at radius 3 is 1.28 bits per heavy atom. The van der Waals surface area contributed by atoms with Crippen LogP contribution in [-0.4, -0.2) is 22.2 Å². The molecule has 0 aliphatic heterocycles. The van der Waals surface area contributed by atoms with Crippen LogP contribution in [0.5, 0.6) is 0 Å². The summed E-state index contributed by atoms with van der Waals surface area (Å²) in [6, 6.07) is 0. The standard InChI is InChI=1S/C32H62O4/c1-4-6-8-23-27-32(31(35)36,28-24-9-7-5-2)29(3)25-21-19-17-15-13-11-10-12-14-16-18-20-22-26-30(33)34/h29H,4-28H2,1-3H3,(H,33,34)(H,35,36). The lowest BCUT2D eigenvalue weighted by Gasteiger charge is -2.36. The molecule has 0 spiro atoms. The SMILES string of the molecule is CCCCCCC(CCCCCC)(C(=O)O)C(C)CCCCCCCCCCCCCCCC(=O)O. The molecule has 0 fully saturated rings. The summed E-state index contributed by atoms with van der Waals surface area (Å²) >= 11 is 0. The van der Waals surface area contributed by atoms with E-state index >= 15 is 0 Å². The zero-order valence-corrected chi connectivity index (χ0v) is 24.5. The molecule has 0 saturated carbocycles. The van der Waals surface area contributed by atoms with E-state index in [4.69, 9.17) is 5.11 Å². The molecule has 214 valence electrons. The van der Waals surface area contributed by atoms with Crippen LogP contribution in [0.4, 0.5) is 0 Å². The molecule has 1 atom stereocenters. The number of carboxylic acid groups (broad SMARTS) is 2. The number of hydrogen-bond acceptors (Lipinski definition) is 2. The topological polar surface area (TPSA) is 74.6 Å². The second kappa shape index (κ2) is 24.3. The Bertz CT molecular complexity index is 504. The summed E-state index contributed by atoms with van der Waals surface area (Å²) in [6.45, 7) is 6.65. The Morgan fingerprint density at radius 1 is 0.556 bits per heavy atom. The molecule has 2 N–H and O–H groups in total. The molecule has 1 unspecified atom stereocenters. The van der Waals surface area contributed by atoms with E-state index in [-0.39, 0.29) is 5.92 Å². The molecule has 4 nitrogen and oxygen atoms in total. The van der Waals surface area contributed by atoms with Gasteiger partial charge in [0.1, 0.15) is 0 Å². The first kappa shape index (κ1) is 34.9. The molecular weight excluding hydrogens is 448 g/mol. The fourth-order valence-corrected chi connectivity index (χ4v) is 5.72. The zero-order chi connectivity index (χ0) is 26.9. The third-order valence-electron chi connectivity index (χ3n) is 8.35. The van der Waals surface area contributed by atoms with E-state index in [0.717, 1.165) is 44.9 Å². The van der Waals surface area contributed by atoms with Crippen molar-refractivity contribution in [2.45, 2.75) is 181 Å². The van der Waals surface area contributed by atoms with Gasteiger partial charge in [0.2, 0.25) is 0 Å². The van der Waals surface area contributed by atoms with Gasteiger partial charge in [-0.25, -0.2) is 0 Å². The van der Waals surface area contributed by atoms with E-state index in [2.05, 4.69) is 20.8 Å². The molecule has 36 heavy (non-hydrogen) atoms. The van der Waals surface area contributed by atoms with Crippen molar-refractivity contribution in [2.75, 3.05) is 0 Å². The van der Waals surface area contributed by atoms with Crippen LogP contribution in [0, 0.1) is 11.3 Å².